The molecule has 0 radical (unpaired) electrons. The van der Waals surface area contributed by atoms with E-state index in [4.69, 9.17) is 26.2 Å². The number of hydrogen-bond acceptors (Lipinski definition) is 7. The van der Waals surface area contributed by atoms with Gasteiger partial charge in [0.1, 0.15) is 11.6 Å². The van der Waals surface area contributed by atoms with E-state index < -0.39 is 0 Å². The Morgan fingerprint density at radius 3 is 2.83 bits per heavy atom. The summed E-state index contributed by atoms with van der Waals surface area (Å²) < 4.78 is 10.4. The van der Waals surface area contributed by atoms with Gasteiger partial charge in [0.05, 0.1) is 33.6 Å². The van der Waals surface area contributed by atoms with E-state index in [1.54, 1.807) is 6.20 Å². The molecule has 0 N–H and O–H groups in total. The molecule has 0 aliphatic carbocycles. The number of thiazole rings is 1. The first-order valence-corrected chi connectivity index (χ1v) is 12.5. The summed E-state index contributed by atoms with van der Waals surface area (Å²) in [5.41, 5.74) is 5.80. The van der Waals surface area contributed by atoms with Crippen LogP contribution in [-0.4, -0.2) is 51.8 Å². The van der Waals surface area contributed by atoms with Gasteiger partial charge < -0.3 is 24.5 Å². The summed E-state index contributed by atoms with van der Waals surface area (Å²) in [4.78, 5) is 31.2. The van der Waals surface area contributed by atoms with Gasteiger partial charge in [-0.05, 0) is 42.9 Å². The van der Waals surface area contributed by atoms with Crippen LogP contribution in [0.1, 0.15) is 5.82 Å². The smallest absolute Gasteiger partial charge is 0.556 e. The van der Waals surface area contributed by atoms with E-state index in [0.29, 0.717) is 47.3 Å². The van der Waals surface area contributed by atoms with Crippen molar-refractivity contribution in [1.29, 1.82) is 0 Å². The fraction of sp³-hybridized carbons (Fsp3) is 0.292. The number of fused-ring (bicyclic) bond motifs is 5. The quantitative estimate of drug-likeness (QED) is 0.182. The monoisotopic (exact) mass is 548 g/mol. The van der Waals surface area contributed by atoms with Crippen molar-refractivity contribution in [3.05, 3.63) is 69.3 Å². The summed E-state index contributed by atoms with van der Waals surface area (Å²) in [6, 6.07) is 9.39. The Balaban J connectivity index is 0.00000267. The number of imidazole rings is 1. The second kappa shape index (κ2) is 11.1. The molecule has 1 fully saturated rings. The van der Waals surface area contributed by atoms with Gasteiger partial charge in [0.25, 0.3) is 0 Å². The summed E-state index contributed by atoms with van der Waals surface area (Å²) in [5.74, 6) is 1.71. The van der Waals surface area contributed by atoms with Gasteiger partial charge in [-0.1, -0.05) is 11.6 Å². The molecule has 1 aromatic carbocycles. The van der Waals surface area contributed by atoms with Crippen molar-refractivity contribution in [2.24, 2.45) is 0 Å². The van der Waals surface area contributed by atoms with E-state index in [1.165, 1.54) is 11.3 Å². The minimum absolute atomic E-state index is 0. The van der Waals surface area contributed by atoms with Gasteiger partial charge in [-0.25, -0.2) is 9.97 Å². The minimum Gasteiger partial charge on any atom is -0.556 e. The van der Waals surface area contributed by atoms with Crippen molar-refractivity contribution in [1.82, 2.24) is 18.9 Å². The molecule has 0 saturated carbocycles. The summed E-state index contributed by atoms with van der Waals surface area (Å²) in [7, 11) is 0. The van der Waals surface area contributed by atoms with Crippen LogP contribution in [0.3, 0.4) is 0 Å². The van der Waals surface area contributed by atoms with Gasteiger partial charge in [0.15, 0.2) is 11.1 Å². The molecule has 5 aromatic rings. The zero-order chi connectivity index (χ0) is 23.9. The second-order valence-corrected chi connectivity index (χ2v) is 9.73. The van der Waals surface area contributed by atoms with Crippen LogP contribution >= 0.6 is 22.9 Å². The van der Waals surface area contributed by atoms with Crippen LogP contribution in [0.25, 0.3) is 31.6 Å². The van der Waals surface area contributed by atoms with Gasteiger partial charge >= 0.3 is 51.4 Å². The van der Waals surface area contributed by atoms with Gasteiger partial charge in [-0.15, -0.1) is 11.3 Å². The number of aryl methyl sites for hydroxylation is 1. The molecule has 1 aliphatic heterocycles. The Morgan fingerprint density at radius 1 is 1.22 bits per heavy atom. The number of halogens is 1. The molecule has 0 spiro atoms. The molecule has 0 amide bonds. The zero-order valence-corrected chi connectivity index (χ0v) is 24.7. The SMILES string of the molecule is Cc1nccn1CCO[N-]c1c(=O)c2ccc(N3CCOCC3)nc2n2c1sc1ccc(Cl)cc12.[K+]. The van der Waals surface area contributed by atoms with Crippen LogP contribution in [0.5, 0.6) is 0 Å². The van der Waals surface area contributed by atoms with Crippen LogP contribution in [-0.2, 0) is 16.1 Å². The van der Waals surface area contributed by atoms with Crippen molar-refractivity contribution in [3.63, 3.8) is 0 Å². The molecule has 1 aliphatic rings. The Kier molecular flexibility index (Phi) is 8.01. The first-order chi connectivity index (χ1) is 17.1. The summed E-state index contributed by atoms with van der Waals surface area (Å²) in [6.07, 6.45) is 3.63. The van der Waals surface area contributed by atoms with Crippen LogP contribution < -0.4 is 61.7 Å². The molecule has 0 unspecified atom stereocenters. The maximum absolute atomic E-state index is 13.6. The fourth-order valence-electron chi connectivity index (χ4n) is 4.32. The number of benzene rings is 1. The van der Waals surface area contributed by atoms with E-state index in [1.807, 2.05) is 52.4 Å². The van der Waals surface area contributed by atoms with Gasteiger partial charge in [-0.2, -0.15) is 0 Å². The Hall–Kier alpha value is -1.54. The van der Waals surface area contributed by atoms with Crippen molar-refractivity contribution in [2.75, 3.05) is 37.8 Å². The molecule has 5 heterocycles. The van der Waals surface area contributed by atoms with E-state index >= 15 is 0 Å². The molecular weight excluding hydrogens is 527 g/mol. The van der Waals surface area contributed by atoms with Crippen molar-refractivity contribution >= 4 is 60.5 Å². The van der Waals surface area contributed by atoms with Crippen LogP contribution in [0.4, 0.5) is 11.5 Å². The zero-order valence-electron chi connectivity index (χ0n) is 20.0. The van der Waals surface area contributed by atoms with Crippen molar-refractivity contribution < 1.29 is 61.0 Å². The molecule has 180 valence electrons. The third-order valence-corrected chi connectivity index (χ3v) is 7.51. The molecule has 36 heavy (non-hydrogen) atoms. The molecule has 0 atom stereocenters. The Bertz CT molecular complexity index is 1610. The largest absolute Gasteiger partial charge is 1.00 e. The van der Waals surface area contributed by atoms with E-state index in [9.17, 15) is 4.79 Å². The van der Waals surface area contributed by atoms with Crippen LogP contribution in [0.15, 0.2) is 47.5 Å². The average Bonchev–Trinajstić information content (AvgIpc) is 3.46. The number of anilines is 1. The van der Waals surface area contributed by atoms with Crippen LogP contribution in [0.2, 0.25) is 5.02 Å². The number of morpholine rings is 1. The summed E-state index contributed by atoms with van der Waals surface area (Å²) >= 11 is 7.81. The average molecular weight is 549 g/mol. The molecule has 9 nitrogen and oxygen atoms in total. The summed E-state index contributed by atoms with van der Waals surface area (Å²) in [6.45, 7) is 5.64. The Morgan fingerprint density at radius 2 is 2.06 bits per heavy atom. The van der Waals surface area contributed by atoms with E-state index in [0.717, 1.165) is 34.9 Å². The molecule has 0 bridgehead atoms. The second-order valence-electron chi connectivity index (χ2n) is 8.26. The van der Waals surface area contributed by atoms with E-state index in [2.05, 4.69) is 15.4 Å². The number of nitrogens with zero attached hydrogens (tertiary/aromatic N) is 6. The molecule has 4 aromatic heterocycles. The minimum atomic E-state index is -0.211. The maximum atomic E-state index is 13.6. The predicted molar refractivity (Wildman–Crippen MR) is 138 cm³/mol. The number of rotatable bonds is 6. The van der Waals surface area contributed by atoms with Crippen molar-refractivity contribution in [3.8, 4) is 0 Å². The predicted octanol–water partition coefficient (Wildman–Crippen LogP) is 1.70. The maximum Gasteiger partial charge on any atom is 1.00 e. The van der Waals surface area contributed by atoms with Gasteiger partial charge in [-0.3, -0.25) is 9.20 Å². The fourth-order valence-corrected chi connectivity index (χ4v) is 5.59. The molecular formula is C24H22ClKN6O3S. The normalized spacial score (nSPS) is 14.0. The summed E-state index contributed by atoms with van der Waals surface area (Å²) in [5, 5.41) is 1.09. The molecule has 12 heteroatoms. The third-order valence-electron chi connectivity index (χ3n) is 6.14. The first kappa shape index (κ1) is 26.1. The first-order valence-electron chi connectivity index (χ1n) is 11.3. The number of hydrogen-bond donors (Lipinski definition) is 0. The molecule has 6 rings (SSSR count). The molecule has 1 saturated heterocycles. The standard InChI is InChI=1S/C24H22ClN6O3S.K/c1-15-26-6-7-29(15)10-13-34-28-21-22(32)17-3-5-20(30-8-11-33-12-9-30)27-23(17)31-18-14-16(25)2-4-19(18)35-24(21)31;/h2-7,14H,8-13H2,1H3;/q-1;+1. The van der Waals surface area contributed by atoms with Crippen LogP contribution in [0, 0.1) is 6.92 Å². The van der Waals surface area contributed by atoms with E-state index in [-0.39, 0.29) is 62.5 Å². The topological polar surface area (TPSA) is 88.0 Å². The third kappa shape index (κ3) is 4.84. The number of ether oxygens (including phenoxy) is 1. The van der Waals surface area contributed by atoms with Gasteiger partial charge in [0.2, 0.25) is 0 Å². The van der Waals surface area contributed by atoms with Gasteiger partial charge in [0, 0.05) is 43.7 Å². The number of pyridine rings is 2. The number of aromatic nitrogens is 4. The van der Waals surface area contributed by atoms with Crippen molar-refractivity contribution in [2.45, 2.75) is 13.5 Å². The Labute approximate surface area is 258 Å².